The molecular formula is C15H30N2O. The molecule has 0 aromatic carbocycles. The summed E-state index contributed by atoms with van der Waals surface area (Å²) < 4.78 is 5.75. The maximum absolute atomic E-state index is 5.75. The van der Waals surface area contributed by atoms with E-state index in [9.17, 15) is 0 Å². The Labute approximate surface area is 112 Å². The summed E-state index contributed by atoms with van der Waals surface area (Å²) in [7, 11) is 0. The first-order valence-electron chi connectivity index (χ1n) is 7.72. The van der Waals surface area contributed by atoms with Gasteiger partial charge in [0.1, 0.15) is 0 Å². The maximum atomic E-state index is 5.75. The fraction of sp³-hybridized carbons (Fsp3) is 1.00. The second-order valence-electron chi connectivity index (χ2n) is 6.34. The van der Waals surface area contributed by atoms with Gasteiger partial charge in [0.15, 0.2) is 0 Å². The van der Waals surface area contributed by atoms with E-state index in [0.29, 0.717) is 5.54 Å². The van der Waals surface area contributed by atoms with Crippen LogP contribution in [0, 0.1) is 0 Å². The molecule has 0 saturated carbocycles. The third-order valence-electron chi connectivity index (χ3n) is 5.13. The fourth-order valence-corrected chi connectivity index (χ4v) is 3.48. The van der Waals surface area contributed by atoms with Crippen LogP contribution in [0.5, 0.6) is 0 Å². The summed E-state index contributed by atoms with van der Waals surface area (Å²) in [6.45, 7) is 12.5. The van der Waals surface area contributed by atoms with E-state index in [1.807, 2.05) is 0 Å². The number of hydrogen-bond acceptors (Lipinski definition) is 3. The van der Waals surface area contributed by atoms with Crippen molar-refractivity contribution >= 4 is 0 Å². The standard InChI is InChI=1S/C15H30N2O/c1-4-15(5-2)12-17(10-7-9-16-15)14(3)8-6-11-18-13-14/h16H,4-13H2,1-3H3. The number of nitrogens with zero attached hydrogens (tertiary/aromatic N) is 1. The van der Waals surface area contributed by atoms with Gasteiger partial charge in [-0.3, -0.25) is 4.90 Å². The molecule has 2 aliphatic heterocycles. The number of rotatable bonds is 3. The monoisotopic (exact) mass is 254 g/mol. The first kappa shape index (κ1) is 14.3. The molecule has 0 amide bonds. The van der Waals surface area contributed by atoms with Crippen molar-refractivity contribution in [1.82, 2.24) is 10.2 Å². The van der Waals surface area contributed by atoms with E-state index in [4.69, 9.17) is 4.74 Å². The summed E-state index contributed by atoms with van der Waals surface area (Å²) in [5.74, 6) is 0. The zero-order valence-corrected chi connectivity index (χ0v) is 12.4. The molecular weight excluding hydrogens is 224 g/mol. The highest BCUT2D eigenvalue weighted by atomic mass is 16.5. The molecule has 0 aromatic rings. The Morgan fingerprint density at radius 2 is 2.00 bits per heavy atom. The van der Waals surface area contributed by atoms with Crippen LogP contribution in [0.1, 0.15) is 52.9 Å². The van der Waals surface area contributed by atoms with Crippen molar-refractivity contribution < 1.29 is 4.74 Å². The molecule has 2 saturated heterocycles. The van der Waals surface area contributed by atoms with Crippen molar-refractivity contribution in [2.45, 2.75) is 64.0 Å². The minimum absolute atomic E-state index is 0.264. The van der Waals surface area contributed by atoms with E-state index in [1.165, 1.54) is 45.2 Å². The molecule has 0 aliphatic carbocycles. The number of nitrogens with one attached hydrogen (secondary N) is 1. The summed E-state index contributed by atoms with van der Waals surface area (Å²) in [5, 5.41) is 3.80. The van der Waals surface area contributed by atoms with E-state index in [0.717, 1.165) is 19.8 Å². The lowest BCUT2D eigenvalue weighted by molar-refractivity contribution is -0.0463. The lowest BCUT2D eigenvalue weighted by Gasteiger charge is -2.46. The molecule has 0 bridgehead atoms. The third kappa shape index (κ3) is 2.89. The van der Waals surface area contributed by atoms with Crippen molar-refractivity contribution in [1.29, 1.82) is 0 Å². The van der Waals surface area contributed by atoms with Crippen LogP contribution in [0.15, 0.2) is 0 Å². The third-order valence-corrected chi connectivity index (χ3v) is 5.13. The number of ether oxygens (including phenoxy) is 1. The molecule has 2 aliphatic rings. The van der Waals surface area contributed by atoms with Crippen LogP contribution >= 0.6 is 0 Å². The van der Waals surface area contributed by atoms with Gasteiger partial charge in [0, 0.05) is 30.8 Å². The van der Waals surface area contributed by atoms with Crippen molar-refractivity contribution in [3.8, 4) is 0 Å². The second kappa shape index (κ2) is 5.89. The van der Waals surface area contributed by atoms with Gasteiger partial charge in [-0.1, -0.05) is 13.8 Å². The maximum Gasteiger partial charge on any atom is 0.0647 e. The summed E-state index contributed by atoms with van der Waals surface area (Å²) in [5.41, 5.74) is 0.580. The Morgan fingerprint density at radius 3 is 2.61 bits per heavy atom. The van der Waals surface area contributed by atoms with E-state index in [2.05, 4.69) is 31.0 Å². The molecule has 3 nitrogen and oxygen atoms in total. The zero-order chi connectivity index (χ0) is 13.1. The highest BCUT2D eigenvalue weighted by molar-refractivity contribution is 4.97. The highest BCUT2D eigenvalue weighted by Crippen LogP contribution is 2.30. The Bertz CT molecular complexity index is 257. The lowest BCUT2D eigenvalue weighted by Crippen LogP contribution is -2.58. The predicted molar refractivity (Wildman–Crippen MR) is 76.0 cm³/mol. The van der Waals surface area contributed by atoms with Crippen LogP contribution in [-0.2, 0) is 4.74 Å². The molecule has 106 valence electrons. The smallest absolute Gasteiger partial charge is 0.0647 e. The normalized spacial score (nSPS) is 34.2. The van der Waals surface area contributed by atoms with Gasteiger partial charge in [0.05, 0.1) is 6.61 Å². The molecule has 2 fully saturated rings. The van der Waals surface area contributed by atoms with E-state index in [1.54, 1.807) is 0 Å². The Morgan fingerprint density at radius 1 is 1.22 bits per heavy atom. The van der Waals surface area contributed by atoms with Gasteiger partial charge in [0.2, 0.25) is 0 Å². The Hall–Kier alpha value is -0.120. The summed E-state index contributed by atoms with van der Waals surface area (Å²) in [4.78, 5) is 2.71. The molecule has 0 aromatic heterocycles. The van der Waals surface area contributed by atoms with E-state index in [-0.39, 0.29) is 5.54 Å². The minimum Gasteiger partial charge on any atom is -0.380 e. The topological polar surface area (TPSA) is 24.5 Å². The van der Waals surface area contributed by atoms with Crippen molar-refractivity contribution in [3.05, 3.63) is 0 Å². The quantitative estimate of drug-likeness (QED) is 0.837. The second-order valence-corrected chi connectivity index (χ2v) is 6.34. The zero-order valence-electron chi connectivity index (χ0n) is 12.4. The lowest BCUT2D eigenvalue weighted by atomic mass is 9.87. The van der Waals surface area contributed by atoms with Crippen molar-refractivity contribution in [2.24, 2.45) is 0 Å². The summed E-state index contributed by atoms with van der Waals surface area (Å²) in [6, 6.07) is 0. The van der Waals surface area contributed by atoms with Crippen LogP contribution in [-0.4, -0.2) is 48.8 Å². The summed E-state index contributed by atoms with van der Waals surface area (Å²) in [6.07, 6.45) is 6.20. The predicted octanol–water partition coefficient (Wildman–Crippen LogP) is 2.41. The largest absolute Gasteiger partial charge is 0.380 e. The molecule has 1 unspecified atom stereocenters. The fourth-order valence-electron chi connectivity index (χ4n) is 3.48. The molecule has 2 rings (SSSR count). The van der Waals surface area contributed by atoms with E-state index < -0.39 is 0 Å². The van der Waals surface area contributed by atoms with Crippen LogP contribution < -0.4 is 5.32 Å². The van der Waals surface area contributed by atoms with Gasteiger partial charge < -0.3 is 10.1 Å². The van der Waals surface area contributed by atoms with Crippen LogP contribution in [0.3, 0.4) is 0 Å². The van der Waals surface area contributed by atoms with Gasteiger partial charge in [0.25, 0.3) is 0 Å². The van der Waals surface area contributed by atoms with Crippen LogP contribution in [0.2, 0.25) is 0 Å². The molecule has 1 atom stereocenters. The van der Waals surface area contributed by atoms with Crippen LogP contribution in [0.25, 0.3) is 0 Å². The molecule has 1 N–H and O–H groups in total. The molecule has 0 spiro atoms. The molecule has 18 heavy (non-hydrogen) atoms. The first-order valence-corrected chi connectivity index (χ1v) is 7.72. The molecule has 2 heterocycles. The average molecular weight is 254 g/mol. The van der Waals surface area contributed by atoms with Gasteiger partial charge >= 0.3 is 0 Å². The van der Waals surface area contributed by atoms with Crippen LogP contribution in [0.4, 0.5) is 0 Å². The average Bonchev–Trinajstić information content (AvgIpc) is 2.63. The number of hydrogen-bond donors (Lipinski definition) is 1. The van der Waals surface area contributed by atoms with Crippen molar-refractivity contribution in [2.75, 3.05) is 32.8 Å². The molecule has 0 radical (unpaired) electrons. The van der Waals surface area contributed by atoms with Gasteiger partial charge in [-0.25, -0.2) is 0 Å². The van der Waals surface area contributed by atoms with E-state index >= 15 is 0 Å². The SMILES string of the molecule is CCC1(CC)CN(C2(C)CCCOC2)CCCN1. The Balaban J connectivity index is 2.10. The van der Waals surface area contributed by atoms with Gasteiger partial charge in [-0.15, -0.1) is 0 Å². The van der Waals surface area contributed by atoms with Gasteiger partial charge in [-0.2, -0.15) is 0 Å². The Kier molecular flexibility index (Phi) is 4.68. The highest BCUT2D eigenvalue weighted by Gasteiger charge is 2.39. The van der Waals surface area contributed by atoms with Crippen molar-refractivity contribution in [3.63, 3.8) is 0 Å². The summed E-state index contributed by atoms with van der Waals surface area (Å²) >= 11 is 0. The first-order chi connectivity index (χ1) is 8.64. The molecule has 3 heteroatoms. The van der Waals surface area contributed by atoms with Gasteiger partial charge in [-0.05, 0) is 45.6 Å². The minimum atomic E-state index is 0.264.